The predicted molar refractivity (Wildman–Crippen MR) is 51.2 cm³/mol. The van der Waals surface area contributed by atoms with Gasteiger partial charge in [0.25, 0.3) is 0 Å². The highest BCUT2D eigenvalue weighted by Crippen LogP contribution is 2.25. The lowest BCUT2D eigenvalue weighted by molar-refractivity contribution is 0.0943. The standard InChI is InChI=1S/C8H9BrOS/c1-5(2)7(10)8-6(9)3-4-11-8/h3-5H,1-2H3. The van der Waals surface area contributed by atoms with E-state index in [2.05, 4.69) is 15.9 Å². The van der Waals surface area contributed by atoms with Crippen molar-refractivity contribution in [2.75, 3.05) is 0 Å². The van der Waals surface area contributed by atoms with Crippen molar-refractivity contribution in [3.63, 3.8) is 0 Å². The number of rotatable bonds is 2. The van der Waals surface area contributed by atoms with E-state index in [4.69, 9.17) is 0 Å². The second kappa shape index (κ2) is 3.50. The van der Waals surface area contributed by atoms with E-state index in [-0.39, 0.29) is 11.7 Å². The Balaban J connectivity index is 2.93. The first-order valence-electron chi connectivity index (χ1n) is 3.40. The molecule has 0 fully saturated rings. The van der Waals surface area contributed by atoms with Crippen LogP contribution in [-0.4, -0.2) is 5.78 Å². The fourth-order valence-electron chi connectivity index (χ4n) is 0.732. The van der Waals surface area contributed by atoms with Crippen LogP contribution >= 0.6 is 27.3 Å². The molecular formula is C8H9BrOS. The van der Waals surface area contributed by atoms with Crippen LogP contribution in [0.1, 0.15) is 23.5 Å². The molecule has 1 heterocycles. The summed E-state index contributed by atoms with van der Waals surface area (Å²) in [6.45, 7) is 3.82. The van der Waals surface area contributed by atoms with E-state index in [1.807, 2.05) is 25.3 Å². The van der Waals surface area contributed by atoms with Gasteiger partial charge in [0.05, 0.1) is 4.88 Å². The first-order valence-corrected chi connectivity index (χ1v) is 5.07. The van der Waals surface area contributed by atoms with Crippen molar-refractivity contribution in [1.82, 2.24) is 0 Å². The lowest BCUT2D eigenvalue weighted by atomic mass is 10.1. The lowest BCUT2D eigenvalue weighted by Crippen LogP contribution is -2.05. The van der Waals surface area contributed by atoms with Gasteiger partial charge in [-0.2, -0.15) is 0 Å². The van der Waals surface area contributed by atoms with Gasteiger partial charge in [-0.05, 0) is 27.4 Å². The lowest BCUT2D eigenvalue weighted by Gasteiger charge is -2.00. The highest BCUT2D eigenvalue weighted by Gasteiger charge is 2.14. The number of carbonyl (C=O) groups is 1. The summed E-state index contributed by atoms with van der Waals surface area (Å²) < 4.78 is 0.918. The van der Waals surface area contributed by atoms with Crippen molar-refractivity contribution in [3.8, 4) is 0 Å². The molecule has 0 radical (unpaired) electrons. The topological polar surface area (TPSA) is 17.1 Å². The largest absolute Gasteiger partial charge is 0.293 e. The Bertz CT molecular complexity index is 265. The third-order valence-corrected chi connectivity index (χ3v) is 3.22. The van der Waals surface area contributed by atoms with E-state index >= 15 is 0 Å². The van der Waals surface area contributed by atoms with Crippen LogP contribution in [0.2, 0.25) is 0 Å². The van der Waals surface area contributed by atoms with Crippen LogP contribution in [0, 0.1) is 5.92 Å². The first-order chi connectivity index (χ1) is 5.13. The maximum atomic E-state index is 11.4. The van der Waals surface area contributed by atoms with E-state index in [0.29, 0.717) is 0 Å². The predicted octanol–water partition coefficient (Wildman–Crippen LogP) is 3.35. The third-order valence-electron chi connectivity index (χ3n) is 1.37. The number of hydrogen-bond donors (Lipinski definition) is 0. The van der Waals surface area contributed by atoms with Crippen LogP contribution in [0.4, 0.5) is 0 Å². The molecule has 0 aliphatic carbocycles. The zero-order valence-corrected chi connectivity index (χ0v) is 8.83. The number of halogens is 1. The Morgan fingerprint density at radius 2 is 2.27 bits per heavy atom. The maximum absolute atomic E-state index is 11.4. The van der Waals surface area contributed by atoms with Crippen LogP contribution in [-0.2, 0) is 0 Å². The fourth-order valence-corrected chi connectivity index (χ4v) is 2.39. The molecule has 0 aromatic carbocycles. The second-order valence-corrected chi connectivity index (χ2v) is 4.39. The SMILES string of the molecule is CC(C)C(=O)c1sccc1Br. The molecule has 1 rings (SSSR count). The van der Waals surface area contributed by atoms with Gasteiger partial charge in [-0.25, -0.2) is 0 Å². The minimum absolute atomic E-state index is 0.0879. The number of carbonyl (C=O) groups excluding carboxylic acids is 1. The Morgan fingerprint density at radius 1 is 1.64 bits per heavy atom. The van der Waals surface area contributed by atoms with Gasteiger partial charge in [0.15, 0.2) is 5.78 Å². The Kier molecular flexibility index (Phi) is 2.84. The van der Waals surface area contributed by atoms with Crippen molar-refractivity contribution in [2.45, 2.75) is 13.8 Å². The average Bonchev–Trinajstić information content (AvgIpc) is 2.33. The van der Waals surface area contributed by atoms with Crippen molar-refractivity contribution in [1.29, 1.82) is 0 Å². The summed E-state index contributed by atoms with van der Waals surface area (Å²) in [4.78, 5) is 12.2. The summed E-state index contributed by atoms with van der Waals surface area (Å²) in [5.41, 5.74) is 0. The first kappa shape index (κ1) is 8.94. The molecule has 1 nitrogen and oxygen atoms in total. The van der Waals surface area contributed by atoms with Gasteiger partial charge in [-0.15, -0.1) is 11.3 Å². The Labute approximate surface area is 78.6 Å². The van der Waals surface area contributed by atoms with Gasteiger partial charge < -0.3 is 0 Å². The smallest absolute Gasteiger partial charge is 0.176 e. The molecule has 1 aromatic heterocycles. The zero-order valence-electron chi connectivity index (χ0n) is 6.43. The second-order valence-electron chi connectivity index (χ2n) is 2.62. The van der Waals surface area contributed by atoms with Gasteiger partial charge in [0, 0.05) is 10.4 Å². The van der Waals surface area contributed by atoms with Crippen molar-refractivity contribution < 1.29 is 4.79 Å². The van der Waals surface area contributed by atoms with Crippen LogP contribution < -0.4 is 0 Å². The summed E-state index contributed by atoms with van der Waals surface area (Å²) in [7, 11) is 0. The molecular weight excluding hydrogens is 224 g/mol. The van der Waals surface area contributed by atoms with E-state index in [1.54, 1.807) is 0 Å². The Morgan fingerprint density at radius 3 is 2.64 bits per heavy atom. The highest BCUT2D eigenvalue weighted by atomic mass is 79.9. The minimum atomic E-state index is 0.0879. The van der Waals surface area contributed by atoms with Gasteiger partial charge in [0.1, 0.15) is 0 Å². The maximum Gasteiger partial charge on any atom is 0.176 e. The van der Waals surface area contributed by atoms with Crippen LogP contribution in [0.5, 0.6) is 0 Å². The van der Waals surface area contributed by atoms with Crippen LogP contribution in [0.3, 0.4) is 0 Å². The third kappa shape index (κ3) is 1.91. The molecule has 1 aromatic rings. The summed E-state index contributed by atoms with van der Waals surface area (Å²) in [6, 6.07) is 1.90. The summed E-state index contributed by atoms with van der Waals surface area (Å²) >= 11 is 4.81. The van der Waals surface area contributed by atoms with Crippen LogP contribution in [0.15, 0.2) is 15.9 Å². The molecule has 0 amide bonds. The van der Waals surface area contributed by atoms with E-state index < -0.39 is 0 Å². The van der Waals surface area contributed by atoms with Gasteiger partial charge in [0.2, 0.25) is 0 Å². The molecule has 11 heavy (non-hydrogen) atoms. The van der Waals surface area contributed by atoms with E-state index in [1.165, 1.54) is 11.3 Å². The molecule has 0 saturated heterocycles. The van der Waals surface area contributed by atoms with E-state index in [0.717, 1.165) is 9.35 Å². The highest BCUT2D eigenvalue weighted by molar-refractivity contribution is 9.10. The number of thiophene rings is 1. The molecule has 0 aliphatic rings. The molecule has 0 aliphatic heterocycles. The van der Waals surface area contributed by atoms with Gasteiger partial charge >= 0.3 is 0 Å². The average molecular weight is 233 g/mol. The molecule has 0 spiro atoms. The van der Waals surface area contributed by atoms with Crippen molar-refractivity contribution in [2.24, 2.45) is 5.92 Å². The summed E-state index contributed by atoms with van der Waals surface area (Å²) in [5.74, 6) is 0.303. The molecule has 60 valence electrons. The van der Waals surface area contributed by atoms with Crippen molar-refractivity contribution in [3.05, 3.63) is 20.8 Å². The summed E-state index contributed by atoms with van der Waals surface area (Å²) in [6.07, 6.45) is 0. The molecule has 0 bridgehead atoms. The molecule has 0 N–H and O–H groups in total. The molecule has 3 heteroatoms. The van der Waals surface area contributed by atoms with Gasteiger partial charge in [-0.1, -0.05) is 13.8 Å². The fraction of sp³-hybridized carbons (Fsp3) is 0.375. The summed E-state index contributed by atoms with van der Waals surface area (Å²) in [5, 5.41) is 1.92. The quantitative estimate of drug-likeness (QED) is 0.716. The van der Waals surface area contributed by atoms with Crippen LogP contribution in [0.25, 0.3) is 0 Å². The van der Waals surface area contributed by atoms with E-state index in [9.17, 15) is 4.79 Å². The normalized spacial score (nSPS) is 10.5. The number of ketones is 1. The minimum Gasteiger partial charge on any atom is -0.293 e. The molecule has 0 unspecified atom stereocenters. The van der Waals surface area contributed by atoms with Gasteiger partial charge in [-0.3, -0.25) is 4.79 Å². The monoisotopic (exact) mass is 232 g/mol. The Hall–Kier alpha value is -0.150. The number of Topliss-reactive ketones (excluding diaryl/α,β-unsaturated/α-hetero) is 1. The zero-order chi connectivity index (χ0) is 8.43. The molecule has 0 saturated carbocycles. The molecule has 0 atom stereocenters. The number of hydrogen-bond acceptors (Lipinski definition) is 2. The van der Waals surface area contributed by atoms with Crippen molar-refractivity contribution >= 4 is 33.0 Å².